The molecule has 21 heteroatoms. The van der Waals surface area contributed by atoms with Gasteiger partial charge in [0, 0.05) is 35.3 Å². The summed E-state index contributed by atoms with van der Waals surface area (Å²) in [7, 11) is -10.00. The van der Waals surface area contributed by atoms with E-state index in [1.807, 2.05) is 0 Å². The Morgan fingerprint density at radius 3 is 1.22 bits per heavy atom. The summed E-state index contributed by atoms with van der Waals surface area (Å²) in [6.45, 7) is 0. The number of carbonyl (C=O) groups excluding carboxylic acids is 3. The summed E-state index contributed by atoms with van der Waals surface area (Å²) in [6, 6.07) is 19.7. The number of aryl methyl sites for hydroxylation is 2. The first kappa shape index (κ1) is 42.3. The molecule has 4 aromatic rings. The highest BCUT2D eigenvalue weighted by atomic mass is 32.2. The second kappa shape index (κ2) is 17.3. The number of hydrogen-bond acceptors (Lipinski definition) is 13. The SMILES string of the molecule is O=C(O)CCc1ccc(NN=C2C(=O)c3ccc(NC(=O)Nc4ccc5c(c4)C=C(S(=O)(=O)O)C(=NNc4ccc(CCC(=O)O)cc4)C5=O)cc3C=C2S(=O)(=O)O)cc1. The van der Waals surface area contributed by atoms with Crippen LogP contribution in [0.1, 0.15) is 55.8 Å². The van der Waals surface area contributed by atoms with Crippen molar-refractivity contribution in [2.75, 3.05) is 21.5 Å². The Hall–Kier alpha value is -7.33. The molecule has 2 aliphatic rings. The molecule has 60 heavy (non-hydrogen) atoms. The number of aliphatic carboxylic acids is 2. The van der Waals surface area contributed by atoms with E-state index in [2.05, 4.69) is 31.7 Å². The molecule has 0 spiro atoms. The lowest BCUT2D eigenvalue weighted by molar-refractivity contribution is -0.138. The number of ketones is 2. The zero-order valence-corrected chi connectivity index (χ0v) is 32.4. The van der Waals surface area contributed by atoms with Gasteiger partial charge in [-0.15, -0.1) is 0 Å². The van der Waals surface area contributed by atoms with E-state index in [0.717, 1.165) is 12.2 Å². The predicted molar refractivity (Wildman–Crippen MR) is 220 cm³/mol. The van der Waals surface area contributed by atoms with E-state index in [1.54, 1.807) is 48.5 Å². The van der Waals surface area contributed by atoms with Crippen molar-refractivity contribution in [2.24, 2.45) is 10.2 Å². The first-order chi connectivity index (χ1) is 28.3. The van der Waals surface area contributed by atoms with Crippen molar-refractivity contribution in [1.82, 2.24) is 0 Å². The van der Waals surface area contributed by atoms with Crippen LogP contribution < -0.4 is 21.5 Å². The predicted octanol–water partition coefficient (Wildman–Crippen LogP) is 5.15. The average Bonchev–Trinajstić information content (AvgIpc) is 3.18. The van der Waals surface area contributed by atoms with Crippen LogP contribution in [0.4, 0.5) is 27.5 Å². The van der Waals surface area contributed by atoms with E-state index < -0.39 is 71.0 Å². The monoisotopic (exact) mass is 856 g/mol. The molecule has 6 rings (SSSR count). The number of carbonyl (C=O) groups is 5. The Labute approximate surface area is 340 Å². The van der Waals surface area contributed by atoms with E-state index in [9.17, 15) is 49.9 Å². The number of nitrogens with one attached hydrogen (secondary N) is 4. The molecule has 19 nitrogen and oxygen atoms in total. The number of urea groups is 1. The second-order valence-electron chi connectivity index (χ2n) is 13.1. The van der Waals surface area contributed by atoms with Gasteiger partial charge >= 0.3 is 18.0 Å². The van der Waals surface area contributed by atoms with Crippen LogP contribution >= 0.6 is 0 Å². The Morgan fingerprint density at radius 1 is 0.533 bits per heavy atom. The number of hydrogen-bond donors (Lipinski definition) is 8. The van der Waals surface area contributed by atoms with Gasteiger partial charge in [-0.25, -0.2) is 4.79 Å². The summed E-state index contributed by atoms with van der Waals surface area (Å²) in [5.41, 5.74) is 6.17. The van der Waals surface area contributed by atoms with Crippen LogP contribution in [0.5, 0.6) is 0 Å². The van der Waals surface area contributed by atoms with Crippen LogP contribution in [0.15, 0.2) is 105 Å². The maximum Gasteiger partial charge on any atom is 0.323 e. The molecule has 0 bridgehead atoms. The Morgan fingerprint density at radius 2 is 0.883 bits per heavy atom. The van der Waals surface area contributed by atoms with Crippen molar-refractivity contribution in [3.05, 3.63) is 128 Å². The van der Waals surface area contributed by atoms with Gasteiger partial charge in [-0.3, -0.25) is 39.1 Å². The number of carboxylic acid groups (broad SMARTS) is 2. The molecule has 0 fully saturated rings. The first-order valence-electron chi connectivity index (χ1n) is 17.5. The molecular weight excluding hydrogens is 825 g/mol. The maximum absolute atomic E-state index is 13.4. The number of rotatable bonds is 14. The van der Waals surface area contributed by atoms with Gasteiger partial charge in [0.05, 0.1) is 11.4 Å². The van der Waals surface area contributed by atoms with Crippen LogP contribution in [0, 0.1) is 0 Å². The van der Waals surface area contributed by atoms with Crippen molar-refractivity contribution < 1.29 is 60.1 Å². The summed E-state index contributed by atoms with van der Waals surface area (Å²) in [6.07, 6.45) is 2.39. The van der Waals surface area contributed by atoms with Crippen LogP contribution in [-0.2, 0) is 42.7 Å². The Bertz CT molecular complexity index is 2620. The first-order valence-corrected chi connectivity index (χ1v) is 20.4. The van der Waals surface area contributed by atoms with Gasteiger partial charge in [0.1, 0.15) is 9.81 Å². The fourth-order valence-electron chi connectivity index (χ4n) is 5.97. The number of allylic oxidation sites excluding steroid dienone is 2. The normalized spacial score (nSPS) is 15.0. The van der Waals surface area contributed by atoms with Crippen LogP contribution in [0.3, 0.4) is 0 Å². The zero-order valence-electron chi connectivity index (χ0n) is 30.7. The van der Waals surface area contributed by atoms with E-state index >= 15 is 0 Å². The second-order valence-corrected chi connectivity index (χ2v) is 15.9. The minimum absolute atomic E-state index is 0.0114. The van der Waals surface area contributed by atoms with Crippen LogP contribution in [0.2, 0.25) is 0 Å². The van der Waals surface area contributed by atoms with Gasteiger partial charge in [0.25, 0.3) is 20.2 Å². The fourth-order valence-corrected chi connectivity index (χ4v) is 7.28. The van der Waals surface area contributed by atoms with E-state index in [-0.39, 0.29) is 59.3 Å². The van der Waals surface area contributed by atoms with Gasteiger partial charge in [0.15, 0.2) is 11.4 Å². The standard InChI is InChI=1S/C39H32N6O13S2/c46-33(47)15-5-21-1-7-25(8-2-21)42-44-35-31(59(53,54)55)19-23-17-27(11-13-29(23)37(35)50)40-39(52)41-28-12-14-30-24(18-28)20-32(60(56,57)58)36(38(30)51)45-43-26-9-3-22(4-10-26)6-16-34(48)49/h1-4,7-14,17-20,42-43H,5-6,15-16H2,(H,46,47)(H,48,49)(H2,40,41,52)(H,53,54,55)(H,56,57,58). The number of hydrazone groups is 2. The molecule has 0 saturated carbocycles. The van der Waals surface area contributed by atoms with E-state index in [0.29, 0.717) is 22.5 Å². The van der Waals surface area contributed by atoms with Crippen molar-refractivity contribution in [1.29, 1.82) is 0 Å². The van der Waals surface area contributed by atoms with Crippen molar-refractivity contribution in [2.45, 2.75) is 25.7 Å². The molecule has 4 aromatic carbocycles. The smallest absolute Gasteiger partial charge is 0.323 e. The number of anilines is 4. The van der Waals surface area contributed by atoms with Crippen LogP contribution in [0.25, 0.3) is 12.2 Å². The molecule has 0 heterocycles. The third-order valence-electron chi connectivity index (χ3n) is 8.89. The summed E-state index contributed by atoms with van der Waals surface area (Å²) in [4.78, 5) is 59.9. The number of benzene rings is 4. The summed E-state index contributed by atoms with van der Waals surface area (Å²) in [5, 5.41) is 30.6. The van der Waals surface area contributed by atoms with Crippen molar-refractivity contribution in [3.8, 4) is 0 Å². The molecular formula is C39H32N6O13S2. The van der Waals surface area contributed by atoms with Gasteiger partial charge in [0.2, 0.25) is 11.6 Å². The highest BCUT2D eigenvalue weighted by molar-refractivity contribution is 7.91. The summed E-state index contributed by atoms with van der Waals surface area (Å²) < 4.78 is 69.4. The maximum atomic E-state index is 13.4. The van der Waals surface area contributed by atoms with Gasteiger partial charge in [-0.1, -0.05) is 24.3 Å². The number of nitrogens with zero attached hydrogens (tertiary/aromatic N) is 2. The molecule has 0 aliphatic heterocycles. The number of amides is 2. The quantitative estimate of drug-likeness (QED) is 0.0601. The minimum Gasteiger partial charge on any atom is -0.481 e. The Kier molecular flexibility index (Phi) is 12.2. The molecule has 2 amide bonds. The number of Topliss-reactive ketones (excluding diaryl/α,β-unsaturated/α-hetero) is 2. The molecule has 2 aliphatic carbocycles. The highest BCUT2D eigenvalue weighted by Gasteiger charge is 2.34. The topological polar surface area (TPSA) is 307 Å². The highest BCUT2D eigenvalue weighted by Crippen LogP contribution is 2.30. The molecule has 0 atom stereocenters. The van der Waals surface area contributed by atoms with Gasteiger partial charge in [-0.2, -0.15) is 27.0 Å². The number of carboxylic acids is 2. The number of fused-ring (bicyclic) bond motifs is 2. The lowest BCUT2D eigenvalue weighted by Gasteiger charge is -2.18. The zero-order chi connectivity index (χ0) is 43.4. The molecule has 0 unspecified atom stereocenters. The summed E-state index contributed by atoms with van der Waals surface area (Å²) in [5.74, 6) is -3.66. The van der Waals surface area contributed by atoms with E-state index in [1.165, 1.54) is 36.4 Å². The third-order valence-corrected chi connectivity index (χ3v) is 10.6. The minimum atomic E-state index is -5.00. The molecule has 0 saturated heterocycles. The summed E-state index contributed by atoms with van der Waals surface area (Å²) >= 11 is 0. The lowest BCUT2D eigenvalue weighted by Crippen LogP contribution is -2.27. The van der Waals surface area contributed by atoms with E-state index in [4.69, 9.17) is 10.2 Å². The molecule has 308 valence electrons. The largest absolute Gasteiger partial charge is 0.481 e. The third kappa shape index (κ3) is 10.2. The van der Waals surface area contributed by atoms with Crippen LogP contribution in [-0.4, -0.2) is 77.1 Å². The molecule has 0 radical (unpaired) electrons. The fraction of sp³-hybridized carbons (Fsp3) is 0.103. The molecule has 0 aromatic heterocycles. The van der Waals surface area contributed by atoms with Gasteiger partial charge in [-0.05, 0) is 108 Å². The Balaban J connectivity index is 1.16. The van der Waals surface area contributed by atoms with Crippen molar-refractivity contribution >= 4 is 96.1 Å². The molecule has 8 N–H and O–H groups in total. The van der Waals surface area contributed by atoms with Crippen molar-refractivity contribution in [3.63, 3.8) is 0 Å². The lowest BCUT2D eigenvalue weighted by atomic mass is 9.94. The average molecular weight is 857 g/mol. The van der Waals surface area contributed by atoms with Gasteiger partial charge < -0.3 is 20.8 Å².